The molecule has 1 aromatic heterocycles. The van der Waals surface area contributed by atoms with E-state index in [2.05, 4.69) is 4.74 Å². The number of phenols is 1. The molecule has 0 unspecified atom stereocenters. The largest absolute Gasteiger partial charge is 0.508 e. The van der Waals surface area contributed by atoms with Crippen molar-refractivity contribution < 1.29 is 14.3 Å². The molecule has 2 rings (SSSR count). The van der Waals surface area contributed by atoms with Crippen molar-refractivity contribution in [3.63, 3.8) is 0 Å². The lowest BCUT2D eigenvalue weighted by atomic mass is 10.1. The zero-order valence-corrected chi connectivity index (χ0v) is 9.48. The lowest BCUT2D eigenvalue weighted by Crippen LogP contribution is -1.97. The fourth-order valence-corrected chi connectivity index (χ4v) is 1.31. The summed E-state index contributed by atoms with van der Waals surface area (Å²) in [5, 5.41) is 9.99. The number of ether oxygens (including phenoxy) is 1. The van der Waals surface area contributed by atoms with Crippen molar-refractivity contribution in [2.24, 2.45) is 0 Å². The normalized spacial score (nSPS) is 9.69. The van der Waals surface area contributed by atoms with Crippen molar-refractivity contribution in [1.29, 1.82) is 0 Å². The second-order valence-corrected chi connectivity index (χ2v) is 3.34. The number of hydrogen-bond acceptors (Lipinski definition) is 4. The molecule has 86 valence electrons. The SMILES string of the molecule is COC.Cc1cc(=O)oc2cc(O)ccc12. The Morgan fingerprint density at radius 2 is 1.88 bits per heavy atom. The molecule has 0 bridgehead atoms. The second-order valence-electron chi connectivity index (χ2n) is 3.34. The van der Waals surface area contributed by atoms with E-state index in [9.17, 15) is 4.79 Å². The van der Waals surface area contributed by atoms with Crippen LogP contribution in [0.5, 0.6) is 5.75 Å². The van der Waals surface area contributed by atoms with Crippen molar-refractivity contribution >= 4 is 11.0 Å². The van der Waals surface area contributed by atoms with Gasteiger partial charge in [-0.1, -0.05) is 0 Å². The Morgan fingerprint density at radius 3 is 2.50 bits per heavy atom. The maximum absolute atomic E-state index is 11.0. The van der Waals surface area contributed by atoms with Crippen molar-refractivity contribution in [3.8, 4) is 5.75 Å². The van der Waals surface area contributed by atoms with Gasteiger partial charge in [0.25, 0.3) is 0 Å². The Kier molecular flexibility index (Phi) is 4.08. The summed E-state index contributed by atoms with van der Waals surface area (Å²) in [6.45, 7) is 1.83. The van der Waals surface area contributed by atoms with Gasteiger partial charge in [0.15, 0.2) is 0 Å². The van der Waals surface area contributed by atoms with Crippen molar-refractivity contribution in [3.05, 3.63) is 40.2 Å². The van der Waals surface area contributed by atoms with E-state index in [0.29, 0.717) is 5.58 Å². The molecule has 2 aromatic rings. The number of phenolic OH excluding ortho intramolecular Hbond substituents is 1. The predicted octanol–water partition coefficient (Wildman–Crippen LogP) is 2.07. The fourth-order valence-electron chi connectivity index (χ4n) is 1.31. The quantitative estimate of drug-likeness (QED) is 0.693. The molecule has 0 aliphatic rings. The number of benzene rings is 1. The minimum atomic E-state index is -0.393. The Labute approximate surface area is 93.1 Å². The van der Waals surface area contributed by atoms with Gasteiger partial charge in [0.05, 0.1) is 0 Å². The van der Waals surface area contributed by atoms with Gasteiger partial charge in [0.2, 0.25) is 0 Å². The molecular formula is C12H14O4. The summed E-state index contributed by atoms with van der Waals surface area (Å²) >= 11 is 0. The van der Waals surface area contributed by atoms with Gasteiger partial charge in [0, 0.05) is 31.7 Å². The molecule has 16 heavy (non-hydrogen) atoms. The summed E-state index contributed by atoms with van der Waals surface area (Å²) in [5.74, 6) is 0.0984. The molecular weight excluding hydrogens is 208 g/mol. The zero-order valence-electron chi connectivity index (χ0n) is 9.48. The molecule has 1 aromatic carbocycles. The van der Waals surface area contributed by atoms with E-state index in [0.717, 1.165) is 10.9 Å². The van der Waals surface area contributed by atoms with Crippen LogP contribution in [0.15, 0.2) is 33.5 Å². The third-order valence-corrected chi connectivity index (χ3v) is 1.93. The van der Waals surface area contributed by atoms with Crippen molar-refractivity contribution in [2.75, 3.05) is 14.2 Å². The molecule has 0 atom stereocenters. The number of aryl methyl sites for hydroxylation is 1. The Balaban J connectivity index is 0.000000386. The number of rotatable bonds is 0. The molecule has 0 spiro atoms. The maximum Gasteiger partial charge on any atom is 0.336 e. The van der Waals surface area contributed by atoms with E-state index in [1.165, 1.54) is 12.1 Å². The highest BCUT2D eigenvalue weighted by Gasteiger charge is 2.01. The predicted molar refractivity (Wildman–Crippen MR) is 61.8 cm³/mol. The molecule has 0 fully saturated rings. The minimum Gasteiger partial charge on any atom is -0.508 e. The molecule has 1 N–H and O–H groups in total. The smallest absolute Gasteiger partial charge is 0.336 e. The standard InChI is InChI=1S/C10H8O3.C2H6O/c1-6-4-10(12)13-9-5-7(11)2-3-8(6)9;1-3-2/h2-5,11H,1H3;1-2H3. The molecule has 0 amide bonds. The summed E-state index contributed by atoms with van der Waals surface area (Å²) in [5.41, 5.74) is 0.881. The topological polar surface area (TPSA) is 59.7 Å². The van der Waals surface area contributed by atoms with Crippen LogP contribution in [0, 0.1) is 6.92 Å². The molecule has 0 aliphatic heterocycles. The van der Waals surface area contributed by atoms with E-state index in [1.807, 2.05) is 6.92 Å². The molecule has 4 nitrogen and oxygen atoms in total. The van der Waals surface area contributed by atoms with Crippen molar-refractivity contribution in [2.45, 2.75) is 6.92 Å². The van der Waals surface area contributed by atoms with Crippen LogP contribution in [0.25, 0.3) is 11.0 Å². The molecule has 4 heteroatoms. The molecule has 0 aliphatic carbocycles. The van der Waals surface area contributed by atoms with Crippen LogP contribution in [0.2, 0.25) is 0 Å². The zero-order chi connectivity index (χ0) is 12.1. The van der Waals surface area contributed by atoms with Crippen LogP contribution in [0.1, 0.15) is 5.56 Å². The van der Waals surface area contributed by atoms with Gasteiger partial charge in [-0.2, -0.15) is 0 Å². The first-order chi connectivity index (χ1) is 7.58. The third kappa shape index (κ3) is 2.84. The fraction of sp³-hybridized carbons (Fsp3) is 0.250. The number of aromatic hydroxyl groups is 1. The Hall–Kier alpha value is -1.81. The molecule has 1 heterocycles. The van der Waals surface area contributed by atoms with E-state index in [1.54, 1.807) is 26.4 Å². The number of hydrogen-bond donors (Lipinski definition) is 1. The first-order valence-corrected chi connectivity index (χ1v) is 4.72. The van der Waals surface area contributed by atoms with Gasteiger partial charge in [-0.3, -0.25) is 0 Å². The first-order valence-electron chi connectivity index (χ1n) is 4.72. The van der Waals surface area contributed by atoms with Gasteiger partial charge in [-0.05, 0) is 24.6 Å². The minimum absolute atomic E-state index is 0.0984. The Morgan fingerprint density at radius 1 is 1.25 bits per heavy atom. The monoisotopic (exact) mass is 222 g/mol. The van der Waals surface area contributed by atoms with Crippen LogP contribution in [0.4, 0.5) is 0 Å². The lowest BCUT2D eigenvalue weighted by molar-refractivity contribution is 0.277. The first kappa shape index (κ1) is 12.3. The van der Waals surface area contributed by atoms with E-state index < -0.39 is 5.63 Å². The van der Waals surface area contributed by atoms with Gasteiger partial charge in [-0.25, -0.2) is 4.79 Å². The average Bonchev–Trinajstić information content (AvgIpc) is 2.17. The van der Waals surface area contributed by atoms with Gasteiger partial charge in [-0.15, -0.1) is 0 Å². The van der Waals surface area contributed by atoms with Gasteiger partial charge >= 0.3 is 5.63 Å². The molecule has 0 saturated carbocycles. The van der Waals surface area contributed by atoms with Crippen LogP contribution in [0.3, 0.4) is 0 Å². The number of methoxy groups -OCH3 is 1. The second kappa shape index (κ2) is 5.32. The number of fused-ring (bicyclic) bond motifs is 1. The molecule has 0 saturated heterocycles. The van der Waals surface area contributed by atoms with E-state index in [-0.39, 0.29) is 5.75 Å². The van der Waals surface area contributed by atoms with Crippen LogP contribution in [-0.4, -0.2) is 19.3 Å². The van der Waals surface area contributed by atoms with Crippen LogP contribution >= 0.6 is 0 Å². The van der Waals surface area contributed by atoms with E-state index in [4.69, 9.17) is 9.52 Å². The van der Waals surface area contributed by atoms with Gasteiger partial charge in [0.1, 0.15) is 11.3 Å². The lowest BCUT2D eigenvalue weighted by Gasteiger charge is -1.99. The van der Waals surface area contributed by atoms with E-state index >= 15 is 0 Å². The highest BCUT2D eigenvalue weighted by atomic mass is 16.4. The Bertz CT molecular complexity index is 528. The highest BCUT2D eigenvalue weighted by molar-refractivity contribution is 5.81. The third-order valence-electron chi connectivity index (χ3n) is 1.93. The summed E-state index contributed by atoms with van der Waals surface area (Å²) in [4.78, 5) is 11.0. The summed E-state index contributed by atoms with van der Waals surface area (Å²) in [6.07, 6.45) is 0. The van der Waals surface area contributed by atoms with Crippen molar-refractivity contribution in [1.82, 2.24) is 0 Å². The average molecular weight is 222 g/mol. The van der Waals surface area contributed by atoms with Crippen LogP contribution in [-0.2, 0) is 4.74 Å². The van der Waals surface area contributed by atoms with Gasteiger partial charge < -0.3 is 14.3 Å². The molecule has 0 radical (unpaired) electrons. The van der Waals surface area contributed by atoms with Crippen LogP contribution < -0.4 is 5.63 Å². The maximum atomic E-state index is 11.0. The summed E-state index contributed by atoms with van der Waals surface area (Å²) in [7, 11) is 3.25. The highest BCUT2D eigenvalue weighted by Crippen LogP contribution is 2.20. The summed E-state index contributed by atoms with van der Waals surface area (Å²) < 4.78 is 9.16. The summed E-state index contributed by atoms with van der Waals surface area (Å²) in [6, 6.07) is 6.15.